The highest BCUT2D eigenvalue weighted by molar-refractivity contribution is 5.86. The van der Waals surface area contributed by atoms with Gasteiger partial charge >= 0.3 is 12.1 Å². The van der Waals surface area contributed by atoms with Crippen molar-refractivity contribution in [3.63, 3.8) is 0 Å². The van der Waals surface area contributed by atoms with Crippen LogP contribution in [0.2, 0.25) is 0 Å². The van der Waals surface area contributed by atoms with Crippen molar-refractivity contribution in [2.24, 2.45) is 5.41 Å². The molecule has 0 saturated carbocycles. The molecule has 2 aromatic rings. The van der Waals surface area contributed by atoms with Gasteiger partial charge in [0, 0.05) is 26.1 Å². The highest BCUT2D eigenvalue weighted by Crippen LogP contribution is 2.44. The van der Waals surface area contributed by atoms with E-state index < -0.39 is 24.0 Å². The maximum Gasteiger partial charge on any atom is 0.407 e. The third-order valence-corrected chi connectivity index (χ3v) is 5.78. The molecule has 0 unspecified atom stereocenters. The van der Waals surface area contributed by atoms with Crippen LogP contribution in [-0.4, -0.2) is 67.9 Å². The summed E-state index contributed by atoms with van der Waals surface area (Å²) in [6.45, 7) is 3.42. The highest BCUT2D eigenvalue weighted by Gasteiger charge is 2.34. The van der Waals surface area contributed by atoms with Gasteiger partial charge < -0.3 is 24.8 Å². The summed E-state index contributed by atoms with van der Waals surface area (Å²) >= 11 is 0. The molecule has 0 saturated heterocycles. The van der Waals surface area contributed by atoms with E-state index in [0.29, 0.717) is 0 Å². The van der Waals surface area contributed by atoms with Crippen LogP contribution in [-0.2, 0) is 19.1 Å². The first-order valence-corrected chi connectivity index (χ1v) is 10.8. The minimum Gasteiger partial charge on any atom is -0.480 e. The summed E-state index contributed by atoms with van der Waals surface area (Å²) in [5.74, 6) is -1.56. The Hall–Kier alpha value is -3.39. The lowest BCUT2D eigenvalue weighted by atomic mass is 9.91. The van der Waals surface area contributed by atoms with Crippen molar-refractivity contribution < 1.29 is 29.0 Å². The molecule has 1 aliphatic carbocycles. The lowest BCUT2D eigenvalue weighted by Gasteiger charge is -2.31. The number of rotatable bonds is 10. The van der Waals surface area contributed by atoms with E-state index in [1.165, 1.54) is 12.0 Å². The summed E-state index contributed by atoms with van der Waals surface area (Å²) in [5, 5.41) is 11.8. The first kappa shape index (κ1) is 24.3. The number of ether oxygens (including phenoxy) is 2. The number of alkyl carbamates (subject to hydrolysis) is 1. The number of carbonyl (C=O) groups excluding carboxylic acids is 2. The molecule has 0 bridgehead atoms. The van der Waals surface area contributed by atoms with Gasteiger partial charge in [0.25, 0.3) is 0 Å². The van der Waals surface area contributed by atoms with E-state index in [4.69, 9.17) is 14.6 Å². The van der Waals surface area contributed by atoms with Gasteiger partial charge in [0.15, 0.2) is 0 Å². The van der Waals surface area contributed by atoms with Crippen LogP contribution in [0.25, 0.3) is 11.1 Å². The molecule has 1 aliphatic rings. The number of nitrogens with one attached hydrogen (secondary N) is 1. The van der Waals surface area contributed by atoms with Gasteiger partial charge in [-0.3, -0.25) is 9.59 Å². The number of amides is 2. The van der Waals surface area contributed by atoms with E-state index in [9.17, 15) is 14.4 Å². The Morgan fingerprint density at radius 3 is 2.15 bits per heavy atom. The normalized spacial score (nSPS) is 12.6. The van der Waals surface area contributed by atoms with Gasteiger partial charge in [-0.05, 0) is 36.1 Å². The maximum atomic E-state index is 12.9. The van der Waals surface area contributed by atoms with Gasteiger partial charge in [0.2, 0.25) is 5.91 Å². The average Bonchev–Trinajstić information content (AvgIpc) is 3.12. The van der Waals surface area contributed by atoms with E-state index in [-0.39, 0.29) is 38.1 Å². The van der Waals surface area contributed by atoms with E-state index in [2.05, 4.69) is 17.4 Å². The zero-order valence-electron chi connectivity index (χ0n) is 19.2. The topological polar surface area (TPSA) is 105 Å². The van der Waals surface area contributed by atoms with Crippen molar-refractivity contribution in [1.29, 1.82) is 0 Å². The number of nitrogens with zero attached hydrogens (tertiary/aromatic N) is 1. The number of carboxylic acid groups (broad SMARTS) is 1. The molecule has 8 nitrogen and oxygen atoms in total. The third-order valence-electron chi connectivity index (χ3n) is 5.78. The van der Waals surface area contributed by atoms with Crippen LogP contribution in [0.3, 0.4) is 0 Å². The monoisotopic (exact) mass is 454 g/mol. The zero-order chi connectivity index (χ0) is 24.0. The summed E-state index contributed by atoms with van der Waals surface area (Å²) in [6, 6.07) is 16.1. The minimum absolute atomic E-state index is 0.00556. The zero-order valence-corrected chi connectivity index (χ0v) is 19.2. The lowest BCUT2D eigenvalue weighted by molar-refractivity contribution is -0.149. The molecule has 176 valence electrons. The quantitative estimate of drug-likeness (QED) is 0.572. The molecule has 0 spiro atoms. The minimum atomic E-state index is -1.11. The number of benzene rings is 2. The molecule has 2 N–H and O–H groups in total. The molecule has 8 heteroatoms. The number of carbonyl (C=O) groups is 3. The van der Waals surface area contributed by atoms with Gasteiger partial charge in [-0.2, -0.15) is 0 Å². The fourth-order valence-corrected chi connectivity index (χ4v) is 4.06. The fraction of sp³-hybridized carbons (Fsp3) is 0.400. The van der Waals surface area contributed by atoms with Crippen LogP contribution in [0.4, 0.5) is 4.79 Å². The molecule has 0 atom stereocenters. The molecular weight excluding hydrogens is 424 g/mol. The molecule has 0 aliphatic heterocycles. The van der Waals surface area contributed by atoms with E-state index in [0.717, 1.165) is 22.3 Å². The standard InChI is InChI=1S/C25H30N2O6/c1-25(2,23(30)27(12-13-32-3)14-22(28)29)16-26-24(31)33-15-21-19-10-6-4-8-17(19)18-9-5-7-11-20(18)21/h4-11,21H,12-16H2,1-3H3,(H,26,31)(H,28,29). The van der Waals surface area contributed by atoms with Crippen LogP contribution in [0.1, 0.15) is 30.9 Å². The van der Waals surface area contributed by atoms with Crippen LogP contribution in [0.15, 0.2) is 48.5 Å². The highest BCUT2D eigenvalue weighted by atomic mass is 16.5. The van der Waals surface area contributed by atoms with Crippen LogP contribution in [0.5, 0.6) is 0 Å². The molecule has 0 aromatic heterocycles. The third kappa shape index (κ3) is 5.70. The van der Waals surface area contributed by atoms with Gasteiger partial charge in [0.1, 0.15) is 13.2 Å². The van der Waals surface area contributed by atoms with Crippen LogP contribution < -0.4 is 5.32 Å². The largest absolute Gasteiger partial charge is 0.480 e. The Balaban J connectivity index is 1.59. The Labute approximate surface area is 193 Å². The Bertz CT molecular complexity index is 974. The van der Waals surface area contributed by atoms with Gasteiger partial charge in [-0.25, -0.2) is 4.79 Å². The molecule has 0 fully saturated rings. The van der Waals surface area contributed by atoms with E-state index >= 15 is 0 Å². The Morgan fingerprint density at radius 2 is 1.61 bits per heavy atom. The van der Waals surface area contributed by atoms with Gasteiger partial charge in [0.05, 0.1) is 12.0 Å². The van der Waals surface area contributed by atoms with Crippen molar-refractivity contribution >= 4 is 18.0 Å². The van der Waals surface area contributed by atoms with Crippen molar-refractivity contribution in [1.82, 2.24) is 10.2 Å². The number of hydrogen-bond donors (Lipinski definition) is 2. The molecule has 3 rings (SSSR count). The fourth-order valence-electron chi connectivity index (χ4n) is 4.06. The molecule has 0 radical (unpaired) electrons. The van der Waals surface area contributed by atoms with E-state index in [1.54, 1.807) is 13.8 Å². The second kappa shape index (κ2) is 10.5. The maximum absolute atomic E-state index is 12.9. The second-order valence-electron chi connectivity index (χ2n) is 8.68. The summed E-state index contributed by atoms with van der Waals surface area (Å²) in [7, 11) is 1.48. The first-order chi connectivity index (χ1) is 15.7. The summed E-state index contributed by atoms with van der Waals surface area (Å²) < 4.78 is 10.5. The molecule has 2 amide bonds. The Kier molecular flexibility index (Phi) is 7.71. The lowest BCUT2D eigenvalue weighted by Crippen LogP contribution is -2.49. The molecule has 33 heavy (non-hydrogen) atoms. The van der Waals surface area contributed by atoms with E-state index in [1.807, 2.05) is 36.4 Å². The number of aliphatic carboxylic acids is 1. The molecule has 0 heterocycles. The van der Waals surface area contributed by atoms with Crippen molar-refractivity contribution in [2.75, 3.05) is 40.0 Å². The smallest absolute Gasteiger partial charge is 0.407 e. The average molecular weight is 455 g/mol. The van der Waals surface area contributed by atoms with Crippen molar-refractivity contribution in [2.45, 2.75) is 19.8 Å². The van der Waals surface area contributed by atoms with Crippen LogP contribution in [0, 0.1) is 5.41 Å². The Morgan fingerprint density at radius 1 is 1.03 bits per heavy atom. The second-order valence-corrected chi connectivity index (χ2v) is 8.68. The van der Waals surface area contributed by atoms with Crippen molar-refractivity contribution in [3.05, 3.63) is 59.7 Å². The number of hydrogen-bond acceptors (Lipinski definition) is 5. The van der Waals surface area contributed by atoms with Gasteiger partial charge in [-0.15, -0.1) is 0 Å². The van der Waals surface area contributed by atoms with Crippen molar-refractivity contribution in [3.8, 4) is 11.1 Å². The number of methoxy groups -OCH3 is 1. The summed E-state index contributed by atoms with van der Waals surface area (Å²) in [6.07, 6.45) is -0.626. The first-order valence-electron chi connectivity index (χ1n) is 10.8. The summed E-state index contributed by atoms with van der Waals surface area (Å²) in [4.78, 5) is 37.7. The number of carboxylic acids is 1. The molecular formula is C25H30N2O6. The SMILES string of the molecule is COCCN(CC(=O)O)C(=O)C(C)(C)CNC(=O)OCC1c2ccccc2-c2ccccc21. The van der Waals surface area contributed by atoms with Crippen LogP contribution >= 0.6 is 0 Å². The van der Waals surface area contributed by atoms with Gasteiger partial charge in [-0.1, -0.05) is 48.5 Å². The predicted octanol–water partition coefficient (Wildman–Crippen LogP) is 3.11. The number of fused-ring (bicyclic) bond motifs is 3. The molecule has 2 aromatic carbocycles. The summed E-state index contributed by atoms with van der Waals surface area (Å²) in [5.41, 5.74) is 3.50. The predicted molar refractivity (Wildman–Crippen MR) is 123 cm³/mol.